The lowest BCUT2D eigenvalue weighted by Gasteiger charge is -2.18. The third kappa shape index (κ3) is 5.97. The van der Waals surface area contributed by atoms with Gasteiger partial charge in [0, 0.05) is 24.3 Å². The van der Waals surface area contributed by atoms with Crippen LogP contribution in [-0.2, 0) is 5.41 Å². The summed E-state index contributed by atoms with van der Waals surface area (Å²) >= 11 is 0. The average molecular weight is 447 g/mol. The molecule has 0 saturated carbocycles. The molecule has 0 fully saturated rings. The number of methoxy groups -OCH3 is 2. The minimum absolute atomic E-state index is 0.0176. The lowest BCUT2D eigenvalue weighted by molar-refractivity contribution is -0.384. The number of non-ortho nitro benzene ring substituents is 1. The summed E-state index contributed by atoms with van der Waals surface area (Å²) in [7, 11) is 3.04. The first-order valence-electron chi connectivity index (χ1n) is 10.2. The van der Waals surface area contributed by atoms with Gasteiger partial charge in [0.15, 0.2) is 0 Å². The molecule has 0 unspecified atom stereocenters. The molecule has 0 aliphatic carbocycles. The van der Waals surface area contributed by atoms with E-state index in [9.17, 15) is 10.1 Å². The Labute approximate surface area is 192 Å². The number of nitrogens with zero attached hydrogens (tertiary/aromatic N) is 5. The van der Waals surface area contributed by atoms with Gasteiger partial charge in [-0.15, -0.1) is 10.2 Å². The van der Waals surface area contributed by atoms with Crippen LogP contribution in [0.15, 0.2) is 81.1 Å². The average Bonchev–Trinajstić information content (AvgIpc) is 2.81. The van der Waals surface area contributed by atoms with Crippen molar-refractivity contribution in [1.82, 2.24) is 0 Å². The van der Waals surface area contributed by atoms with E-state index in [1.807, 2.05) is 24.3 Å². The van der Waals surface area contributed by atoms with Crippen molar-refractivity contribution in [1.29, 1.82) is 0 Å². The first-order valence-corrected chi connectivity index (χ1v) is 10.2. The highest BCUT2D eigenvalue weighted by atomic mass is 16.6. The van der Waals surface area contributed by atoms with Crippen LogP contribution in [0.25, 0.3) is 0 Å². The van der Waals surface area contributed by atoms with Crippen molar-refractivity contribution in [2.24, 2.45) is 20.5 Å². The summed E-state index contributed by atoms with van der Waals surface area (Å²) < 4.78 is 10.9. The van der Waals surface area contributed by atoms with Gasteiger partial charge < -0.3 is 9.47 Å². The summed E-state index contributed by atoms with van der Waals surface area (Å²) in [5.74, 6) is 0.877. The van der Waals surface area contributed by atoms with Gasteiger partial charge in [0.1, 0.15) is 22.9 Å². The van der Waals surface area contributed by atoms with E-state index in [1.165, 1.54) is 44.0 Å². The van der Waals surface area contributed by atoms with E-state index in [-0.39, 0.29) is 11.1 Å². The standard InChI is InChI=1S/C24H25N5O4/c1-24(2,3)16-6-8-17(9-7-16)25-27-20-14-23(33-5)21(15-22(20)32-4)28-26-18-10-12-19(13-11-18)29(30)31/h6-15H,1-5H3. The first kappa shape index (κ1) is 23.5. The Kier molecular flexibility index (Phi) is 7.12. The molecule has 0 bridgehead atoms. The summed E-state index contributed by atoms with van der Waals surface area (Å²) in [6, 6.07) is 17.0. The van der Waals surface area contributed by atoms with Gasteiger partial charge in [-0.3, -0.25) is 10.1 Å². The van der Waals surface area contributed by atoms with Crippen LogP contribution in [0.4, 0.5) is 28.4 Å². The van der Waals surface area contributed by atoms with Crippen molar-refractivity contribution < 1.29 is 14.4 Å². The second-order valence-corrected chi connectivity index (χ2v) is 8.17. The van der Waals surface area contributed by atoms with Gasteiger partial charge in [-0.25, -0.2) is 0 Å². The molecular formula is C24H25N5O4. The van der Waals surface area contributed by atoms with E-state index in [0.29, 0.717) is 34.2 Å². The van der Waals surface area contributed by atoms with Crippen LogP contribution in [0, 0.1) is 10.1 Å². The number of hydrogen-bond donors (Lipinski definition) is 0. The Morgan fingerprint density at radius 1 is 0.727 bits per heavy atom. The highest BCUT2D eigenvalue weighted by molar-refractivity contribution is 5.66. The minimum Gasteiger partial charge on any atom is -0.494 e. The van der Waals surface area contributed by atoms with Crippen LogP contribution in [0.1, 0.15) is 26.3 Å². The fraction of sp³-hybridized carbons (Fsp3) is 0.250. The Hall–Kier alpha value is -4.14. The molecule has 3 aromatic rings. The predicted molar refractivity (Wildman–Crippen MR) is 126 cm³/mol. The molecule has 170 valence electrons. The molecule has 0 amide bonds. The third-order valence-electron chi connectivity index (χ3n) is 4.82. The molecule has 0 spiro atoms. The molecule has 3 aromatic carbocycles. The predicted octanol–water partition coefficient (Wildman–Crippen LogP) is 7.74. The van der Waals surface area contributed by atoms with Crippen molar-refractivity contribution >= 4 is 28.4 Å². The van der Waals surface area contributed by atoms with Crippen molar-refractivity contribution in [3.05, 3.63) is 76.3 Å². The topological polar surface area (TPSA) is 111 Å². The Morgan fingerprint density at radius 3 is 1.52 bits per heavy atom. The van der Waals surface area contributed by atoms with E-state index < -0.39 is 4.92 Å². The lowest BCUT2D eigenvalue weighted by atomic mass is 9.87. The van der Waals surface area contributed by atoms with Crippen LogP contribution in [0.3, 0.4) is 0 Å². The van der Waals surface area contributed by atoms with Crippen molar-refractivity contribution in [3.8, 4) is 11.5 Å². The highest BCUT2D eigenvalue weighted by Gasteiger charge is 2.14. The maximum atomic E-state index is 10.8. The molecule has 0 atom stereocenters. The quantitative estimate of drug-likeness (QED) is 0.209. The molecule has 0 aliphatic rings. The van der Waals surface area contributed by atoms with Crippen LogP contribution < -0.4 is 9.47 Å². The zero-order valence-electron chi connectivity index (χ0n) is 19.1. The molecule has 0 aliphatic heterocycles. The van der Waals surface area contributed by atoms with E-state index in [4.69, 9.17) is 9.47 Å². The van der Waals surface area contributed by atoms with Crippen molar-refractivity contribution in [2.75, 3.05) is 14.2 Å². The molecule has 9 nitrogen and oxygen atoms in total. The highest BCUT2D eigenvalue weighted by Crippen LogP contribution is 2.41. The molecule has 9 heteroatoms. The smallest absolute Gasteiger partial charge is 0.269 e. The lowest BCUT2D eigenvalue weighted by Crippen LogP contribution is -2.10. The molecule has 0 radical (unpaired) electrons. The van der Waals surface area contributed by atoms with Gasteiger partial charge >= 0.3 is 0 Å². The normalized spacial score (nSPS) is 11.8. The number of nitro benzene ring substituents is 1. The molecule has 33 heavy (non-hydrogen) atoms. The number of benzene rings is 3. The maximum absolute atomic E-state index is 10.8. The molecule has 0 N–H and O–H groups in total. The number of nitro groups is 1. The van der Waals surface area contributed by atoms with Crippen LogP contribution in [-0.4, -0.2) is 19.1 Å². The molecule has 3 rings (SSSR count). The Morgan fingerprint density at radius 2 is 1.15 bits per heavy atom. The first-order chi connectivity index (χ1) is 15.7. The van der Waals surface area contributed by atoms with Gasteiger partial charge in [-0.2, -0.15) is 10.2 Å². The SMILES string of the molecule is COc1cc(N=Nc2ccc(C(C)(C)C)cc2)c(OC)cc1N=Nc1ccc([N+](=O)[O-])cc1. The van der Waals surface area contributed by atoms with Crippen LogP contribution in [0.2, 0.25) is 0 Å². The fourth-order valence-electron chi connectivity index (χ4n) is 2.91. The van der Waals surface area contributed by atoms with Gasteiger partial charge in [0.2, 0.25) is 0 Å². The van der Waals surface area contributed by atoms with E-state index in [2.05, 4.69) is 41.2 Å². The fourth-order valence-corrected chi connectivity index (χ4v) is 2.91. The number of ether oxygens (including phenoxy) is 2. The number of rotatable bonds is 7. The van der Waals surface area contributed by atoms with Gasteiger partial charge in [0.25, 0.3) is 5.69 Å². The Bertz CT molecular complexity index is 1180. The van der Waals surface area contributed by atoms with E-state index in [0.717, 1.165) is 0 Å². The zero-order valence-corrected chi connectivity index (χ0v) is 19.1. The second-order valence-electron chi connectivity index (χ2n) is 8.17. The Balaban J connectivity index is 1.86. The van der Waals surface area contributed by atoms with E-state index >= 15 is 0 Å². The number of azo groups is 2. The van der Waals surface area contributed by atoms with Crippen molar-refractivity contribution in [3.63, 3.8) is 0 Å². The van der Waals surface area contributed by atoms with Gasteiger partial charge in [0.05, 0.1) is 30.5 Å². The minimum atomic E-state index is -0.471. The van der Waals surface area contributed by atoms with Crippen LogP contribution >= 0.6 is 0 Å². The molecular weight excluding hydrogens is 422 g/mol. The second kappa shape index (κ2) is 9.99. The van der Waals surface area contributed by atoms with Gasteiger partial charge in [-0.05, 0) is 35.2 Å². The summed E-state index contributed by atoms with van der Waals surface area (Å²) in [5, 5.41) is 27.7. The summed E-state index contributed by atoms with van der Waals surface area (Å²) in [5.41, 5.74) is 3.32. The van der Waals surface area contributed by atoms with Crippen molar-refractivity contribution in [2.45, 2.75) is 26.2 Å². The molecule has 0 saturated heterocycles. The van der Waals surface area contributed by atoms with Gasteiger partial charge in [-0.1, -0.05) is 32.9 Å². The maximum Gasteiger partial charge on any atom is 0.269 e. The summed E-state index contributed by atoms with van der Waals surface area (Å²) in [6.45, 7) is 6.46. The molecule has 0 aromatic heterocycles. The zero-order chi connectivity index (χ0) is 24.0. The number of hydrogen-bond acceptors (Lipinski definition) is 8. The third-order valence-corrected chi connectivity index (χ3v) is 4.82. The largest absolute Gasteiger partial charge is 0.494 e. The summed E-state index contributed by atoms with van der Waals surface area (Å²) in [6.07, 6.45) is 0. The monoisotopic (exact) mass is 447 g/mol. The molecule has 0 heterocycles. The summed E-state index contributed by atoms with van der Waals surface area (Å²) in [4.78, 5) is 10.3. The van der Waals surface area contributed by atoms with Crippen LogP contribution in [0.5, 0.6) is 11.5 Å². The van der Waals surface area contributed by atoms with E-state index in [1.54, 1.807) is 12.1 Å².